The lowest BCUT2D eigenvalue weighted by atomic mass is 10.1. The van der Waals surface area contributed by atoms with Gasteiger partial charge >= 0.3 is 5.97 Å². The predicted molar refractivity (Wildman–Crippen MR) is 64.8 cm³/mol. The SMILES string of the molecule is Cc1cccc2c1OCC(CI)OC2=O. The van der Waals surface area contributed by atoms with Gasteiger partial charge in [0, 0.05) is 4.43 Å². The number of carbonyl (C=O) groups excluding carboxylic acids is 1. The Morgan fingerprint density at radius 3 is 3.07 bits per heavy atom. The second-order valence-corrected chi connectivity index (χ2v) is 4.33. The fraction of sp³-hybridized carbons (Fsp3) is 0.364. The zero-order valence-corrected chi connectivity index (χ0v) is 10.5. The van der Waals surface area contributed by atoms with Crippen molar-refractivity contribution in [2.75, 3.05) is 11.0 Å². The van der Waals surface area contributed by atoms with Crippen LogP contribution in [0.4, 0.5) is 0 Å². The van der Waals surface area contributed by atoms with Gasteiger partial charge < -0.3 is 9.47 Å². The van der Waals surface area contributed by atoms with E-state index in [1.165, 1.54) is 0 Å². The number of para-hydroxylation sites is 1. The van der Waals surface area contributed by atoms with Crippen LogP contribution in [0.2, 0.25) is 0 Å². The number of carbonyl (C=O) groups is 1. The number of rotatable bonds is 1. The highest BCUT2D eigenvalue weighted by Crippen LogP contribution is 2.27. The molecule has 1 aliphatic heterocycles. The van der Waals surface area contributed by atoms with Gasteiger partial charge in [-0.05, 0) is 18.6 Å². The molecule has 1 aromatic rings. The summed E-state index contributed by atoms with van der Waals surface area (Å²) in [5.41, 5.74) is 1.50. The molecule has 0 radical (unpaired) electrons. The van der Waals surface area contributed by atoms with E-state index in [1.54, 1.807) is 6.07 Å². The normalized spacial score (nSPS) is 19.9. The number of fused-ring (bicyclic) bond motifs is 1. The molecule has 4 heteroatoms. The van der Waals surface area contributed by atoms with Gasteiger partial charge in [0.05, 0.1) is 0 Å². The highest BCUT2D eigenvalue weighted by molar-refractivity contribution is 14.1. The summed E-state index contributed by atoms with van der Waals surface area (Å²) in [4.78, 5) is 11.7. The van der Waals surface area contributed by atoms with Gasteiger partial charge in [-0.15, -0.1) is 0 Å². The van der Waals surface area contributed by atoms with Crippen molar-refractivity contribution in [3.05, 3.63) is 29.3 Å². The van der Waals surface area contributed by atoms with Crippen molar-refractivity contribution >= 4 is 28.6 Å². The van der Waals surface area contributed by atoms with Crippen LogP contribution in [0.3, 0.4) is 0 Å². The molecule has 1 atom stereocenters. The van der Waals surface area contributed by atoms with E-state index >= 15 is 0 Å². The first kappa shape index (κ1) is 10.7. The quantitative estimate of drug-likeness (QED) is 0.453. The largest absolute Gasteiger partial charge is 0.489 e. The van der Waals surface area contributed by atoms with Crippen molar-refractivity contribution in [2.24, 2.45) is 0 Å². The maximum Gasteiger partial charge on any atom is 0.342 e. The van der Waals surface area contributed by atoms with Crippen molar-refractivity contribution in [1.29, 1.82) is 0 Å². The first-order valence-corrected chi connectivity index (χ1v) is 6.24. The zero-order valence-electron chi connectivity index (χ0n) is 8.33. The second kappa shape index (κ2) is 4.38. The van der Waals surface area contributed by atoms with E-state index in [0.717, 1.165) is 9.99 Å². The highest BCUT2D eigenvalue weighted by Gasteiger charge is 2.24. The number of aryl methyl sites for hydroxylation is 1. The number of hydrogen-bond acceptors (Lipinski definition) is 3. The maximum atomic E-state index is 11.7. The molecule has 0 amide bonds. The summed E-state index contributed by atoms with van der Waals surface area (Å²) >= 11 is 2.18. The number of hydrogen-bond donors (Lipinski definition) is 0. The fourth-order valence-electron chi connectivity index (χ4n) is 1.51. The number of halogens is 1. The van der Waals surface area contributed by atoms with Crippen LogP contribution in [0.1, 0.15) is 15.9 Å². The summed E-state index contributed by atoms with van der Waals surface area (Å²) < 4.78 is 11.6. The van der Waals surface area contributed by atoms with Gasteiger partial charge in [0.2, 0.25) is 0 Å². The standard InChI is InChI=1S/C11H11IO3/c1-7-3-2-4-9-10(7)14-6-8(5-12)15-11(9)13/h2-4,8H,5-6H2,1H3. The molecule has 1 unspecified atom stereocenters. The van der Waals surface area contributed by atoms with Crippen molar-refractivity contribution in [1.82, 2.24) is 0 Å². The first-order valence-electron chi connectivity index (χ1n) is 4.71. The molecule has 2 rings (SSSR count). The molecule has 1 aromatic carbocycles. The van der Waals surface area contributed by atoms with Crippen molar-refractivity contribution in [3.8, 4) is 5.75 Å². The van der Waals surface area contributed by atoms with Crippen molar-refractivity contribution in [2.45, 2.75) is 13.0 Å². The predicted octanol–water partition coefficient (Wildman–Crippen LogP) is 2.35. The monoisotopic (exact) mass is 318 g/mol. The number of alkyl halides is 1. The Balaban J connectivity index is 2.39. The molecular weight excluding hydrogens is 307 g/mol. The van der Waals surface area contributed by atoms with Crippen LogP contribution in [0, 0.1) is 6.92 Å². The smallest absolute Gasteiger partial charge is 0.342 e. The minimum Gasteiger partial charge on any atom is -0.489 e. The van der Waals surface area contributed by atoms with Gasteiger partial charge in [0.25, 0.3) is 0 Å². The molecule has 0 spiro atoms. The molecule has 0 saturated carbocycles. The third-order valence-electron chi connectivity index (χ3n) is 2.29. The van der Waals surface area contributed by atoms with E-state index in [0.29, 0.717) is 17.9 Å². The Labute approximate surface area is 102 Å². The highest BCUT2D eigenvalue weighted by atomic mass is 127. The van der Waals surface area contributed by atoms with E-state index < -0.39 is 0 Å². The molecule has 0 saturated heterocycles. The van der Waals surface area contributed by atoms with Crippen LogP contribution in [0.15, 0.2) is 18.2 Å². The minimum atomic E-state index is -0.284. The number of cyclic esters (lactones) is 1. The molecule has 0 aromatic heterocycles. The molecule has 0 fully saturated rings. The van der Waals surface area contributed by atoms with Crippen LogP contribution >= 0.6 is 22.6 Å². The molecule has 3 nitrogen and oxygen atoms in total. The van der Waals surface area contributed by atoms with Gasteiger partial charge in [-0.25, -0.2) is 4.79 Å². The van der Waals surface area contributed by atoms with Crippen LogP contribution in [0.5, 0.6) is 5.75 Å². The minimum absolute atomic E-state index is 0.148. The van der Waals surface area contributed by atoms with Crippen molar-refractivity contribution in [3.63, 3.8) is 0 Å². The van der Waals surface area contributed by atoms with Crippen LogP contribution in [-0.4, -0.2) is 23.1 Å². The topological polar surface area (TPSA) is 35.5 Å². The second-order valence-electron chi connectivity index (χ2n) is 3.44. The van der Waals surface area contributed by atoms with Crippen LogP contribution in [0.25, 0.3) is 0 Å². The number of ether oxygens (including phenoxy) is 2. The van der Waals surface area contributed by atoms with E-state index in [2.05, 4.69) is 22.6 Å². The summed E-state index contributed by atoms with van der Waals surface area (Å²) in [6.45, 7) is 2.36. The summed E-state index contributed by atoms with van der Waals surface area (Å²) in [5.74, 6) is 0.378. The lowest BCUT2D eigenvalue weighted by Crippen LogP contribution is -2.23. The Hall–Kier alpha value is -0.780. The molecule has 1 heterocycles. The molecule has 0 N–H and O–H groups in total. The van der Waals surface area contributed by atoms with E-state index in [4.69, 9.17) is 9.47 Å². The first-order chi connectivity index (χ1) is 7.22. The van der Waals surface area contributed by atoms with E-state index in [-0.39, 0.29) is 12.1 Å². The summed E-state index contributed by atoms with van der Waals surface area (Å²) in [6.07, 6.45) is -0.148. The van der Waals surface area contributed by atoms with Crippen LogP contribution < -0.4 is 4.74 Å². The maximum absolute atomic E-state index is 11.7. The Morgan fingerprint density at radius 1 is 1.53 bits per heavy atom. The average molecular weight is 318 g/mol. The van der Waals surface area contributed by atoms with E-state index in [1.807, 2.05) is 19.1 Å². The molecule has 0 bridgehead atoms. The van der Waals surface area contributed by atoms with Gasteiger partial charge in [0.1, 0.15) is 24.0 Å². The Morgan fingerprint density at radius 2 is 2.33 bits per heavy atom. The summed E-state index contributed by atoms with van der Waals surface area (Å²) in [5, 5.41) is 0. The molecule has 0 aliphatic carbocycles. The number of esters is 1. The van der Waals surface area contributed by atoms with Gasteiger partial charge in [-0.1, -0.05) is 34.7 Å². The zero-order chi connectivity index (χ0) is 10.8. The summed E-state index contributed by atoms with van der Waals surface area (Å²) in [6, 6.07) is 5.50. The number of benzene rings is 1. The molecular formula is C11H11IO3. The fourth-order valence-corrected chi connectivity index (χ4v) is 1.94. The Kier molecular flexibility index (Phi) is 3.14. The van der Waals surface area contributed by atoms with Crippen LogP contribution in [-0.2, 0) is 4.74 Å². The molecule has 1 aliphatic rings. The molecule has 80 valence electrons. The Bertz CT molecular complexity index is 389. The lowest BCUT2D eigenvalue weighted by Gasteiger charge is -2.10. The lowest BCUT2D eigenvalue weighted by molar-refractivity contribution is 0.0307. The van der Waals surface area contributed by atoms with Gasteiger partial charge in [-0.2, -0.15) is 0 Å². The summed E-state index contributed by atoms with van der Waals surface area (Å²) in [7, 11) is 0. The van der Waals surface area contributed by atoms with Gasteiger partial charge in [0.15, 0.2) is 0 Å². The van der Waals surface area contributed by atoms with Crippen molar-refractivity contribution < 1.29 is 14.3 Å². The van der Waals surface area contributed by atoms with E-state index in [9.17, 15) is 4.79 Å². The third kappa shape index (κ3) is 2.09. The average Bonchev–Trinajstić information content (AvgIpc) is 2.40. The molecule has 15 heavy (non-hydrogen) atoms. The third-order valence-corrected chi connectivity index (χ3v) is 3.27. The van der Waals surface area contributed by atoms with Gasteiger partial charge in [-0.3, -0.25) is 0 Å².